The molecule has 2 N–H and O–H groups in total. The minimum Gasteiger partial charge on any atom is -0.345 e. The van der Waals surface area contributed by atoms with Crippen LogP contribution in [0.3, 0.4) is 0 Å². The van der Waals surface area contributed by atoms with Crippen molar-refractivity contribution in [3.05, 3.63) is 17.2 Å². The molecule has 0 bridgehead atoms. The maximum atomic E-state index is 4.61. The Morgan fingerprint density at radius 1 is 1.23 bits per heavy atom. The molecule has 0 radical (unpaired) electrons. The molecule has 0 amide bonds. The maximum Gasteiger partial charge on any atom is 0.109 e. The van der Waals surface area contributed by atoms with Crippen molar-refractivity contribution in [1.82, 2.24) is 15.3 Å². The molecule has 1 aromatic rings. The van der Waals surface area contributed by atoms with Gasteiger partial charge in [0.15, 0.2) is 0 Å². The second-order valence-corrected chi connectivity index (χ2v) is 3.95. The summed E-state index contributed by atoms with van der Waals surface area (Å²) in [7, 11) is 0. The third-order valence-corrected chi connectivity index (χ3v) is 2.52. The van der Waals surface area contributed by atoms with Gasteiger partial charge in [-0.25, -0.2) is 4.98 Å². The zero-order chi connectivity index (χ0) is 9.26. The first-order chi connectivity index (χ1) is 6.27. The number of rotatable bonds is 1. The van der Waals surface area contributed by atoms with E-state index in [2.05, 4.69) is 29.1 Å². The summed E-state index contributed by atoms with van der Waals surface area (Å²) in [6.07, 6.45) is 2.16. The Labute approximate surface area is 79.0 Å². The van der Waals surface area contributed by atoms with Gasteiger partial charge in [-0.05, 0) is 0 Å². The summed E-state index contributed by atoms with van der Waals surface area (Å²) in [5.74, 6) is 1.66. The summed E-state index contributed by atoms with van der Waals surface area (Å²) in [5, 5.41) is 3.37. The molecule has 0 aromatic carbocycles. The number of fused-ring (bicyclic) bond motifs is 1. The van der Waals surface area contributed by atoms with Crippen molar-refractivity contribution in [2.24, 2.45) is 0 Å². The Morgan fingerprint density at radius 3 is 2.77 bits per heavy atom. The van der Waals surface area contributed by atoms with Crippen LogP contribution < -0.4 is 5.32 Å². The molecule has 3 nitrogen and oxygen atoms in total. The number of aromatic amines is 1. The van der Waals surface area contributed by atoms with Crippen molar-refractivity contribution in [3.8, 4) is 0 Å². The van der Waals surface area contributed by atoms with E-state index in [4.69, 9.17) is 0 Å². The fourth-order valence-corrected chi connectivity index (χ4v) is 1.70. The second kappa shape index (κ2) is 3.50. The first kappa shape index (κ1) is 8.75. The Balaban J connectivity index is 2.27. The standard InChI is InChI=1S/C10H17N3/c1-7(2)10-12-8-3-5-11-6-4-9(8)13-10/h7,11H,3-6H2,1-2H3,(H,12,13). The highest BCUT2D eigenvalue weighted by molar-refractivity contribution is 5.18. The predicted molar refractivity (Wildman–Crippen MR) is 53.0 cm³/mol. The molecule has 0 saturated heterocycles. The van der Waals surface area contributed by atoms with Crippen LogP contribution in [0.5, 0.6) is 0 Å². The van der Waals surface area contributed by atoms with Crippen LogP contribution in [-0.2, 0) is 12.8 Å². The van der Waals surface area contributed by atoms with E-state index in [1.54, 1.807) is 0 Å². The van der Waals surface area contributed by atoms with Gasteiger partial charge in [0.2, 0.25) is 0 Å². The SMILES string of the molecule is CC(C)c1nc2c([nH]1)CCNCC2. The van der Waals surface area contributed by atoms with E-state index in [0.29, 0.717) is 5.92 Å². The van der Waals surface area contributed by atoms with Gasteiger partial charge < -0.3 is 10.3 Å². The molecule has 1 aromatic heterocycles. The molecule has 2 heterocycles. The van der Waals surface area contributed by atoms with Crippen LogP contribution in [0.15, 0.2) is 0 Å². The average Bonchev–Trinajstić information content (AvgIpc) is 2.38. The van der Waals surface area contributed by atoms with E-state index < -0.39 is 0 Å². The molecule has 0 saturated carbocycles. The van der Waals surface area contributed by atoms with Crippen molar-refractivity contribution in [3.63, 3.8) is 0 Å². The molecular weight excluding hydrogens is 162 g/mol. The smallest absolute Gasteiger partial charge is 0.109 e. The minimum absolute atomic E-state index is 0.514. The summed E-state index contributed by atoms with van der Waals surface area (Å²) in [4.78, 5) is 8.04. The quantitative estimate of drug-likeness (QED) is 0.680. The Bertz CT molecular complexity index is 265. The highest BCUT2D eigenvalue weighted by Crippen LogP contribution is 2.15. The van der Waals surface area contributed by atoms with Crippen LogP contribution >= 0.6 is 0 Å². The molecule has 2 rings (SSSR count). The number of hydrogen-bond donors (Lipinski definition) is 2. The summed E-state index contributed by atoms with van der Waals surface area (Å²) in [6, 6.07) is 0. The average molecular weight is 179 g/mol. The van der Waals surface area contributed by atoms with Gasteiger partial charge in [0.25, 0.3) is 0 Å². The molecule has 0 fully saturated rings. The Hall–Kier alpha value is -0.830. The number of aromatic nitrogens is 2. The van der Waals surface area contributed by atoms with E-state index >= 15 is 0 Å². The highest BCUT2D eigenvalue weighted by atomic mass is 15.0. The second-order valence-electron chi connectivity index (χ2n) is 3.95. The van der Waals surface area contributed by atoms with Crippen LogP contribution in [0, 0.1) is 0 Å². The first-order valence-corrected chi connectivity index (χ1v) is 5.05. The molecule has 3 heteroatoms. The van der Waals surface area contributed by atoms with Crippen LogP contribution in [0.1, 0.15) is 37.0 Å². The van der Waals surface area contributed by atoms with Gasteiger partial charge in [-0.3, -0.25) is 0 Å². The van der Waals surface area contributed by atoms with E-state index in [1.165, 1.54) is 11.4 Å². The summed E-state index contributed by atoms with van der Waals surface area (Å²) in [6.45, 7) is 6.49. The molecular formula is C10H17N3. The number of hydrogen-bond acceptors (Lipinski definition) is 2. The fraction of sp³-hybridized carbons (Fsp3) is 0.700. The summed E-state index contributed by atoms with van der Waals surface area (Å²) in [5.41, 5.74) is 2.61. The van der Waals surface area contributed by atoms with Gasteiger partial charge in [-0.1, -0.05) is 13.8 Å². The third kappa shape index (κ3) is 1.75. The van der Waals surface area contributed by atoms with Crippen LogP contribution in [0.2, 0.25) is 0 Å². The zero-order valence-corrected chi connectivity index (χ0v) is 8.35. The number of nitrogens with zero attached hydrogens (tertiary/aromatic N) is 1. The Kier molecular flexibility index (Phi) is 2.36. The van der Waals surface area contributed by atoms with Gasteiger partial charge in [-0.15, -0.1) is 0 Å². The molecule has 1 aliphatic rings. The van der Waals surface area contributed by atoms with Crippen molar-refractivity contribution >= 4 is 0 Å². The minimum atomic E-state index is 0.514. The molecule has 0 aliphatic carbocycles. The number of imidazole rings is 1. The van der Waals surface area contributed by atoms with E-state index in [1.807, 2.05) is 0 Å². The van der Waals surface area contributed by atoms with Gasteiger partial charge in [0, 0.05) is 37.5 Å². The number of nitrogens with one attached hydrogen (secondary N) is 2. The fourth-order valence-electron chi connectivity index (χ4n) is 1.70. The topological polar surface area (TPSA) is 40.7 Å². The monoisotopic (exact) mass is 179 g/mol. The molecule has 0 unspecified atom stereocenters. The van der Waals surface area contributed by atoms with Crippen molar-refractivity contribution in [2.75, 3.05) is 13.1 Å². The van der Waals surface area contributed by atoms with Crippen molar-refractivity contribution < 1.29 is 0 Å². The van der Waals surface area contributed by atoms with Crippen molar-refractivity contribution in [1.29, 1.82) is 0 Å². The summed E-state index contributed by atoms with van der Waals surface area (Å²) >= 11 is 0. The predicted octanol–water partition coefficient (Wildman–Crippen LogP) is 1.22. The van der Waals surface area contributed by atoms with Crippen molar-refractivity contribution in [2.45, 2.75) is 32.6 Å². The van der Waals surface area contributed by atoms with E-state index in [0.717, 1.165) is 31.8 Å². The highest BCUT2D eigenvalue weighted by Gasteiger charge is 2.13. The maximum absolute atomic E-state index is 4.61. The lowest BCUT2D eigenvalue weighted by atomic mass is 10.2. The molecule has 0 atom stereocenters. The normalized spacial score (nSPS) is 17.2. The Morgan fingerprint density at radius 2 is 2.00 bits per heavy atom. The number of H-pyrrole nitrogens is 1. The third-order valence-electron chi connectivity index (χ3n) is 2.52. The van der Waals surface area contributed by atoms with Gasteiger partial charge in [0.05, 0.1) is 5.69 Å². The molecule has 0 spiro atoms. The summed E-state index contributed by atoms with van der Waals surface area (Å²) < 4.78 is 0. The largest absolute Gasteiger partial charge is 0.345 e. The van der Waals surface area contributed by atoms with E-state index in [-0.39, 0.29) is 0 Å². The zero-order valence-electron chi connectivity index (χ0n) is 8.35. The molecule has 1 aliphatic heterocycles. The van der Waals surface area contributed by atoms with Crippen LogP contribution in [0.4, 0.5) is 0 Å². The van der Waals surface area contributed by atoms with Crippen LogP contribution in [0.25, 0.3) is 0 Å². The van der Waals surface area contributed by atoms with Gasteiger partial charge in [0.1, 0.15) is 5.82 Å². The van der Waals surface area contributed by atoms with Crippen LogP contribution in [-0.4, -0.2) is 23.1 Å². The van der Waals surface area contributed by atoms with E-state index in [9.17, 15) is 0 Å². The van der Waals surface area contributed by atoms with Gasteiger partial charge in [-0.2, -0.15) is 0 Å². The molecule has 13 heavy (non-hydrogen) atoms. The first-order valence-electron chi connectivity index (χ1n) is 5.05. The lowest BCUT2D eigenvalue weighted by Crippen LogP contribution is -2.16. The molecule has 72 valence electrons. The van der Waals surface area contributed by atoms with Gasteiger partial charge >= 0.3 is 0 Å². The lowest BCUT2D eigenvalue weighted by molar-refractivity contribution is 0.694. The lowest BCUT2D eigenvalue weighted by Gasteiger charge is -1.99.